The zero-order chi connectivity index (χ0) is 8.41. The van der Waals surface area contributed by atoms with Gasteiger partial charge in [0.15, 0.2) is 0 Å². The van der Waals surface area contributed by atoms with Gasteiger partial charge in [0.05, 0.1) is 12.7 Å². The third kappa shape index (κ3) is 26.5. The zero-order valence-corrected chi connectivity index (χ0v) is 6.32. The first-order valence-electron chi connectivity index (χ1n) is 3.04. The Balaban J connectivity index is 0. The van der Waals surface area contributed by atoms with Crippen molar-refractivity contribution in [3.8, 4) is 0 Å². The number of aliphatic hydroxyl groups is 2. The molecule has 0 aromatic rings. The first-order valence-corrected chi connectivity index (χ1v) is 3.04. The summed E-state index contributed by atoms with van der Waals surface area (Å²) < 4.78 is 0. The van der Waals surface area contributed by atoms with Crippen molar-refractivity contribution in [3.63, 3.8) is 0 Å². The summed E-state index contributed by atoms with van der Waals surface area (Å²) in [6.07, 6.45) is 3.32. The second-order valence-corrected chi connectivity index (χ2v) is 1.69. The van der Waals surface area contributed by atoms with E-state index in [1.54, 1.807) is 13.0 Å². The number of allylic oxidation sites excluding steroid dienone is 2. The molecule has 60 valence electrons. The SMILES string of the molecule is CC(O)CO.CC=CC=O. The summed E-state index contributed by atoms with van der Waals surface area (Å²) in [7, 11) is 0. The number of carbonyl (C=O) groups excluding carboxylic acids is 1. The van der Waals surface area contributed by atoms with Gasteiger partial charge in [0.1, 0.15) is 6.29 Å². The summed E-state index contributed by atoms with van der Waals surface area (Å²) >= 11 is 0. The molecule has 0 aliphatic rings. The smallest absolute Gasteiger partial charge is 0.142 e. The first-order chi connectivity index (χ1) is 4.68. The van der Waals surface area contributed by atoms with E-state index < -0.39 is 6.10 Å². The van der Waals surface area contributed by atoms with E-state index >= 15 is 0 Å². The molecule has 0 aliphatic heterocycles. The predicted octanol–water partition coefficient (Wildman–Crippen LogP) is 0.121. The quantitative estimate of drug-likeness (QED) is 0.430. The van der Waals surface area contributed by atoms with E-state index in [-0.39, 0.29) is 6.61 Å². The molecule has 0 saturated heterocycles. The van der Waals surface area contributed by atoms with Gasteiger partial charge in [-0.15, -0.1) is 0 Å². The number of hydrogen-bond acceptors (Lipinski definition) is 3. The van der Waals surface area contributed by atoms with Crippen molar-refractivity contribution in [2.24, 2.45) is 0 Å². The third-order valence-electron chi connectivity index (χ3n) is 0.535. The van der Waals surface area contributed by atoms with E-state index in [4.69, 9.17) is 10.2 Å². The molecule has 0 bridgehead atoms. The van der Waals surface area contributed by atoms with Crippen molar-refractivity contribution < 1.29 is 15.0 Å². The maximum absolute atomic E-state index is 9.32. The molecule has 0 aromatic carbocycles. The average molecular weight is 146 g/mol. The van der Waals surface area contributed by atoms with Crippen molar-refractivity contribution in [2.75, 3.05) is 6.61 Å². The van der Waals surface area contributed by atoms with Gasteiger partial charge in [-0.2, -0.15) is 0 Å². The van der Waals surface area contributed by atoms with E-state index in [9.17, 15) is 4.79 Å². The lowest BCUT2D eigenvalue weighted by Gasteiger charge is -1.90. The van der Waals surface area contributed by atoms with Gasteiger partial charge in [-0.1, -0.05) is 6.08 Å². The molecule has 3 heteroatoms. The predicted molar refractivity (Wildman–Crippen MR) is 39.6 cm³/mol. The van der Waals surface area contributed by atoms with Crippen LogP contribution < -0.4 is 0 Å². The fourth-order valence-corrected chi connectivity index (χ4v) is 0.0786. The normalized spacial score (nSPS) is 12.0. The summed E-state index contributed by atoms with van der Waals surface area (Å²) in [6, 6.07) is 0. The topological polar surface area (TPSA) is 57.5 Å². The molecule has 2 N–H and O–H groups in total. The molecule has 0 heterocycles. The molecule has 0 aromatic heterocycles. The van der Waals surface area contributed by atoms with Crippen molar-refractivity contribution in [2.45, 2.75) is 20.0 Å². The Morgan fingerprint density at radius 2 is 2.00 bits per heavy atom. The molecule has 0 saturated carbocycles. The van der Waals surface area contributed by atoms with E-state index in [1.807, 2.05) is 0 Å². The molecule has 0 fully saturated rings. The average Bonchev–Trinajstić information content (AvgIpc) is 1.91. The van der Waals surface area contributed by atoms with Crippen molar-refractivity contribution in [1.29, 1.82) is 0 Å². The molecule has 1 atom stereocenters. The van der Waals surface area contributed by atoms with Crippen molar-refractivity contribution in [1.82, 2.24) is 0 Å². The molecule has 0 aliphatic carbocycles. The Morgan fingerprint density at radius 3 is 2.00 bits per heavy atom. The van der Waals surface area contributed by atoms with Gasteiger partial charge in [0, 0.05) is 0 Å². The third-order valence-corrected chi connectivity index (χ3v) is 0.535. The van der Waals surface area contributed by atoms with Crippen LogP contribution in [-0.4, -0.2) is 29.2 Å². The van der Waals surface area contributed by atoms with Crippen LogP contribution in [0.5, 0.6) is 0 Å². The highest BCUT2D eigenvalue weighted by Gasteiger charge is 1.83. The summed E-state index contributed by atoms with van der Waals surface area (Å²) in [5, 5.41) is 16.0. The van der Waals surface area contributed by atoms with Crippen LogP contribution in [0.4, 0.5) is 0 Å². The molecule has 0 radical (unpaired) electrons. The molecule has 0 rings (SSSR count). The fraction of sp³-hybridized carbons (Fsp3) is 0.571. The largest absolute Gasteiger partial charge is 0.394 e. The van der Waals surface area contributed by atoms with E-state index in [0.29, 0.717) is 0 Å². The van der Waals surface area contributed by atoms with Crippen molar-refractivity contribution in [3.05, 3.63) is 12.2 Å². The summed E-state index contributed by atoms with van der Waals surface area (Å²) in [5.74, 6) is 0. The Bertz CT molecular complexity index is 86.9. The van der Waals surface area contributed by atoms with Gasteiger partial charge in [-0.25, -0.2) is 0 Å². The maximum atomic E-state index is 9.32. The molecular weight excluding hydrogens is 132 g/mol. The van der Waals surface area contributed by atoms with E-state index in [0.717, 1.165) is 6.29 Å². The number of rotatable bonds is 2. The second kappa shape index (κ2) is 11.2. The lowest BCUT2D eigenvalue weighted by molar-refractivity contribution is -0.104. The Morgan fingerprint density at radius 1 is 1.60 bits per heavy atom. The van der Waals surface area contributed by atoms with Crippen LogP contribution in [0.3, 0.4) is 0 Å². The molecule has 1 unspecified atom stereocenters. The number of hydrogen-bond donors (Lipinski definition) is 2. The lowest BCUT2D eigenvalue weighted by atomic mass is 10.5. The molecular formula is C7H14O3. The lowest BCUT2D eigenvalue weighted by Crippen LogP contribution is -2.03. The van der Waals surface area contributed by atoms with Crippen LogP contribution in [0.1, 0.15) is 13.8 Å². The second-order valence-electron chi connectivity index (χ2n) is 1.69. The maximum Gasteiger partial charge on any atom is 0.142 e. The number of aldehydes is 1. The van der Waals surface area contributed by atoms with Crippen LogP contribution >= 0.6 is 0 Å². The Labute approximate surface area is 61.0 Å². The van der Waals surface area contributed by atoms with E-state index in [1.165, 1.54) is 13.0 Å². The molecule has 0 spiro atoms. The Kier molecular flexibility index (Phi) is 13.5. The number of aliphatic hydroxyl groups excluding tert-OH is 2. The van der Waals surface area contributed by atoms with Crippen LogP contribution in [0.15, 0.2) is 12.2 Å². The van der Waals surface area contributed by atoms with Crippen LogP contribution in [0.2, 0.25) is 0 Å². The minimum absolute atomic E-state index is 0.139. The van der Waals surface area contributed by atoms with Gasteiger partial charge < -0.3 is 10.2 Å². The highest BCUT2D eigenvalue weighted by Crippen LogP contribution is 1.68. The molecule has 3 nitrogen and oxygen atoms in total. The molecule has 10 heavy (non-hydrogen) atoms. The van der Waals surface area contributed by atoms with Gasteiger partial charge in [-0.3, -0.25) is 4.79 Å². The van der Waals surface area contributed by atoms with E-state index in [2.05, 4.69) is 0 Å². The van der Waals surface area contributed by atoms with Gasteiger partial charge >= 0.3 is 0 Å². The monoisotopic (exact) mass is 146 g/mol. The fourth-order valence-electron chi connectivity index (χ4n) is 0.0786. The minimum Gasteiger partial charge on any atom is -0.394 e. The minimum atomic E-state index is -0.560. The zero-order valence-electron chi connectivity index (χ0n) is 6.32. The number of carbonyl (C=O) groups is 1. The van der Waals surface area contributed by atoms with Gasteiger partial charge in [0.2, 0.25) is 0 Å². The van der Waals surface area contributed by atoms with Gasteiger partial charge in [-0.05, 0) is 19.9 Å². The first kappa shape index (κ1) is 12.0. The summed E-state index contributed by atoms with van der Waals surface area (Å²) in [5.41, 5.74) is 0. The van der Waals surface area contributed by atoms with Crippen molar-refractivity contribution >= 4 is 6.29 Å². The van der Waals surface area contributed by atoms with Crippen LogP contribution in [-0.2, 0) is 4.79 Å². The standard InChI is InChI=1S/C4H6O.C3H8O2/c1-2-3-4-5;1-3(5)2-4/h2-4H,1H3;3-5H,2H2,1H3. The highest BCUT2D eigenvalue weighted by atomic mass is 16.3. The summed E-state index contributed by atoms with van der Waals surface area (Å²) in [6.45, 7) is 3.19. The highest BCUT2D eigenvalue weighted by molar-refractivity contribution is 5.64. The summed E-state index contributed by atoms with van der Waals surface area (Å²) in [4.78, 5) is 9.32. The Hall–Kier alpha value is -0.670. The molecule has 0 amide bonds. The van der Waals surface area contributed by atoms with Gasteiger partial charge in [0.25, 0.3) is 0 Å². The van der Waals surface area contributed by atoms with Crippen LogP contribution in [0.25, 0.3) is 0 Å². The van der Waals surface area contributed by atoms with Crippen LogP contribution in [0, 0.1) is 0 Å².